The molecule has 5 rings (SSSR count). The number of hydrogen-bond acceptors (Lipinski definition) is 4. The van der Waals surface area contributed by atoms with Gasteiger partial charge in [0.1, 0.15) is 16.7 Å². The molecule has 1 fully saturated rings. The largest absolute Gasteiger partial charge is 0.346 e. The summed E-state index contributed by atoms with van der Waals surface area (Å²) in [5.41, 5.74) is 4.22. The minimum absolute atomic E-state index is 0.350. The molecule has 1 unspecified atom stereocenters. The van der Waals surface area contributed by atoms with Gasteiger partial charge in [0, 0.05) is 24.7 Å². The maximum atomic E-state index is 4.48. The molecule has 1 aromatic carbocycles. The monoisotopic (exact) mass is 332 g/mol. The molecular weight excluding hydrogens is 312 g/mol. The Labute approximate surface area is 145 Å². The van der Waals surface area contributed by atoms with E-state index in [0.29, 0.717) is 6.04 Å². The molecule has 6 heteroatoms. The molecule has 3 aromatic heterocycles. The molecule has 25 heavy (non-hydrogen) atoms. The summed E-state index contributed by atoms with van der Waals surface area (Å²) in [4.78, 5) is 10.1. The Balaban J connectivity index is 1.46. The molecule has 1 N–H and O–H groups in total. The molecule has 6 nitrogen and oxygen atoms in total. The van der Waals surface area contributed by atoms with Crippen LogP contribution in [0, 0.1) is 0 Å². The number of nitrogens with one attached hydrogen (secondary N) is 1. The molecule has 1 saturated heterocycles. The van der Waals surface area contributed by atoms with Crippen LogP contribution in [0.25, 0.3) is 22.1 Å². The Morgan fingerprint density at radius 3 is 3.00 bits per heavy atom. The summed E-state index contributed by atoms with van der Waals surface area (Å²) in [6.07, 6.45) is 6.05. The number of likely N-dealkylation sites (tertiary alicyclic amines) is 1. The van der Waals surface area contributed by atoms with Gasteiger partial charge in [-0.15, -0.1) is 5.10 Å². The molecule has 0 saturated carbocycles. The van der Waals surface area contributed by atoms with Crippen LogP contribution in [0.15, 0.2) is 48.8 Å². The lowest BCUT2D eigenvalue weighted by atomic mass is 10.0. The van der Waals surface area contributed by atoms with Crippen LogP contribution in [-0.2, 0) is 6.54 Å². The molecule has 0 radical (unpaired) electrons. The van der Waals surface area contributed by atoms with Crippen molar-refractivity contribution in [3.05, 3.63) is 54.4 Å². The van der Waals surface area contributed by atoms with Crippen LogP contribution < -0.4 is 0 Å². The standard InChI is InChI=1S/C19H20N6/c1-2-5-14(6-3-1)12-24-10-4-7-15(13-24)25-18-16-8-9-20-19(16)21-11-17(18)22-23-25/h1-3,5-6,8-9,11,15H,4,7,10,12-13H2,(H,20,21). The van der Waals surface area contributed by atoms with E-state index >= 15 is 0 Å². The number of benzene rings is 1. The Hall–Kier alpha value is -2.73. The maximum absolute atomic E-state index is 4.48. The highest BCUT2D eigenvalue weighted by Gasteiger charge is 2.24. The molecule has 4 aromatic rings. The van der Waals surface area contributed by atoms with E-state index in [1.165, 1.54) is 12.0 Å². The van der Waals surface area contributed by atoms with Crippen molar-refractivity contribution in [1.29, 1.82) is 0 Å². The topological polar surface area (TPSA) is 62.6 Å². The van der Waals surface area contributed by atoms with Gasteiger partial charge in [-0.3, -0.25) is 4.90 Å². The van der Waals surface area contributed by atoms with Gasteiger partial charge in [-0.25, -0.2) is 9.67 Å². The zero-order valence-electron chi connectivity index (χ0n) is 14.0. The minimum atomic E-state index is 0.350. The number of hydrogen-bond donors (Lipinski definition) is 1. The molecular formula is C19H20N6. The fourth-order valence-electron chi connectivity index (χ4n) is 3.91. The van der Waals surface area contributed by atoms with Crippen LogP contribution in [0.3, 0.4) is 0 Å². The first-order chi connectivity index (χ1) is 12.4. The molecule has 0 bridgehead atoms. The Bertz CT molecular complexity index is 1000. The van der Waals surface area contributed by atoms with Gasteiger partial charge < -0.3 is 4.98 Å². The van der Waals surface area contributed by atoms with Crippen LogP contribution in [0.2, 0.25) is 0 Å². The van der Waals surface area contributed by atoms with E-state index in [4.69, 9.17) is 0 Å². The molecule has 1 aliphatic rings. The molecule has 4 heterocycles. The van der Waals surface area contributed by atoms with Crippen LogP contribution >= 0.6 is 0 Å². The Kier molecular flexibility index (Phi) is 3.48. The first-order valence-corrected chi connectivity index (χ1v) is 8.82. The van der Waals surface area contributed by atoms with E-state index in [9.17, 15) is 0 Å². The van der Waals surface area contributed by atoms with E-state index in [1.54, 1.807) is 0 Å². The van der Waals surface area contributed by atoms with Gasteiger partial charge in [0.05, 0.1) is 12.2 Å². The molecule has 1 atom stereocenters. The molecule has 1 aliphatic heterocycles. The number of aromatic nitrogens is 5. The average molecular weight is 332 g/mol. The highest BCUT2D eigenvalue weighted by Crippen LogP contribution is 2.28. The highest BCUT2D eigenvalue weighted by atomic mass is 15.4. The van der Waals surface area contributed by atoms with Crippen LogP contribution in [-0.4, -0.2) is 43.0 Å². The van der Waals surface area contributed by atoms with E-state index in [0.717, 1.165) is 48.1 Å². The smallest absolute Gasteiger partial charge is 0.139 e. The fraction of sp³-hybridized carbons (Fsp3) is 0.316. The van der Waals surface area contributed by atoms with Gasteiger partial charge in [-0.1, -0.05) is 35.5 Å². The van der Waals surface area contributed by atoms with Crippen LogP contribution in [0.4, 0.5) is 0 Å². The van der Waals surface area contributed by atoms with Gasteiger partial charge in [0.2, 0.25) is 0 Å². The first kappa shape index (κ1) is 14.6. The van der Waals surface area contributed by atoms with Crippen molar-refractivity contribution in [2.45, 2.75) is 25.4 Å². The van der Waals surface area contributed by atoms with Crippen molar-refractivity contribution in [1.82, 2.24) is 29.9 Å². The van der Waals surface area contributed by atoms with Gasteiger partial charge in [-0.05, 0) is 31.0 Å². The van der Waals surface area contributed by atoms with Crippen molar-refractivity contribution < 1.29 is 0 Å². The number of fused-ring (bicyclic) bond motifs is 3. The quantitative estimate of drug-likeness (QED) is 0.626. The normalized spacial score (nSPS) is 19.0. The second kappa shape index (κ2) is 5.97. The summed E-state index contributed by atoms with van der Waals surface area (Å²) in [5, 5.41) is 9.93. The van der Waals surface area contributed by atoms with Crippen molar-refractivity contribution in [3.63, 3.8) is 0 Å². The lowest BCUT2D eigenvalue weighted by molar-refractivity contribution is 0.164. The van der Waals surface area contributed by atoms with E-state index < -0.39 is 0 Å². The van der Waals surface area contributed by atoms with E-state index in [-0.39, 0.29) is 0 Å². The lowest BCUT2D eigenvalue weighted by Crippen LogP contribution is -2.36. The number of nitrogens with zero attached hydrogens (tertiary/aromatic N) is 5. The highest BCUT2D eigenvalue weighted by molar-refractivity contribution is 6.00. The van der Waals surface area contributed by atoms with Crippen LogP contribution in [0.5, 0.6) is 0 Å². The second-order valence-electron chi connectivity index (χ2n) is 6.78. The minimum Gasteiger partial charge on any atom is -0.346 e. The molecule has 0 spiro atoms. The number of aromatic amines is 1. The summed E-state index contributed by atoms with van der Waals surface area (Å²) in [5.74, 6) is 0. The molecule has 0 aliphatic carbocycles. The lowest BCUT2D eigenvalue weighted by Gasteiger charge is -2.32. The Morgan fingerprint density at radius 1 is 1.16 bits per heavy atom. The Morgan fingerprint density at radius 2 is 2.08 bits per heavy atom. The van der Waals surface area contributed by atoms with E-state index in [2.05, 4.69) is 66.3 Å². The van der Waals surface area contributed by atoms with E-state index in [1.807, 2.05) is 12.4 Å². The summed E-state index contributed by atoms with van der Waals surface area (Å²) < 4.78 is 2.12. The number of H-pyrrole nitrogens is 1. The maximum Gasteiger partial charge on any atom is 0.139 e. The van der Waals surface area contributed by atoms with Gasteiger partial charge in [0.15, 0.2) is 0 Å². The second-order valence-corrected chi connectivity index (χ2v) is 6.78. The predicted molar refractivity (Wildman–Crippen MR) is 97.2 cm³/mol. The number of rotatable bonds is 3. The SMILES string of the molecule is c1ccc(CN2CCCC(n3nnc4cnc5[nH]ccc5c43)C2)cc1. The first-order valence-electron chi connectivity index (χ1n) is 8.82. The third-order valence-corrected chi connectivity index (χ3v) is 5.09. The zero-order chi connectivity index (χ0) is 16.6. The van der Waals surface area contributed by atoms with Crippen molar-refractivity contribution in [2.24, 2.45) is 0 Å². The summed E-state index contributed by atoms with van der Waals surface area (Å²) in [6, 6.07) is 13.1. The van der Waals surface area contributed by atoms with Crippen molar-refractivity contribution in [2.75, 3.05) is 13.1 Å². The van der Waals surface area contributed by atoms with Gasteiger partial charge in [0.25, 0.3) is 0 Å². The number of piperidine rings is 1. The van der Waals surface area contributed by atoms with Gasteiger partial charge >= 0.3 is 0 Å². The third-order valence-electron chi connectivity index (χ3n) is 5.09. The third kappa shape index (κ3) is 2.59. The summed E-state index contributed by atoms with van der Waals surface area (Å²) >= 11 is 0. The molecule has 126 valence electrons. The summed E-state index contributed by atoms with van der Waals surface area (Å²) in [6.45, 7) is 3.13. The van der Waals surface area contributed by atoms with Crippen LogP contribution in [0.1, 0.15) is 24.4 Å². The molecule has 0 amide bonds. The number of pyridine rings is 1. The van der Waals surface area contributed by atoms with Crippen molar-refractivity contribution >= 4 is 22.1 Å². The van der Waals surface area contributed by atoms with Gasteiger partial charge in [-0.2, -0.15) is 0 Å². The average Bonchev–Trinajstić information content (AvgIpc) is 3.29. The fourth-order valence-corrected chi connectivity index (χ4v) is 3.91. The zero-order valence-corrected chi connectivity index (χ0v) is 14.0. The summed E-state index contributed by atoms with van der Waals surface area (Å²) in [7, 11) is 0. The predicted octanol–water partition coefficient (Wildman–Crippen LogP) is 3.14. The van der Waals surface area contributed by atoms with Crippen molar-refractivity contribution in [3.8, 4) is 0 Å².